The van der Waals surface area contributed by atoms with Gasteiger partial charge in [0.25, 0.3) is 5.69 Å². The van der Waals surface area contributed by atoms with E-state index in [0.717, 1.165) is 17.4 Å². The Morgan fingerprint density at radius 2 is 1.93 bits per heavy atom. The van der Waals surface area contributed by atoms with Gasteiger partial charge in [0.1, 0.15) is 5.82 Å². The number of hydrogen-bond donors (Lipinski definition) is 1. The first-order valence-corrected chi connectivity index (χ1v) is 9.12. The second-order valence-corrected chi connectivity index (χ2v) is 7.33. The smallest absolute Gasteiger partial charge is 0.269 e. The Bertz CT molecular complexity index is 1320. The van der Waals surface area contributed by atoms with E-state index in [-0.39, 0.29) is 33.8 Å². The summed E-state index contributed by atoms with van der Waals surface area (Å²) < 4.78 is 29.9. The summed E-state index contributed by atoms with van der Waals surface area (Å²) in [6, 6.07) is 7.43. The topological polar surface area (TPSA) is 104 Å². The van der Waals surface area contributed by atoms with E-state index in [0.29, 0.717) is 16.5 Å². The van der Waals surface area contributed by atoms with E-state index >= 15 is 0 Å². The Morgan fingerprint density at radius 3 is 2.55 bits per heavy atom. The summed E-state index contributed by atoms with van der Waals surface area (Å²) in [7, 11) is 0. The number of nitrogen functional groups attached to an aromatic ring is 1. The van der Waals surface area contributed by atoms with Gasteiger partial charge in [-0.1, -0.05) is 23.5 Å². The molecule has 146 valence electrons. The maximum atomic E-state index is 14.6. The zero-order valence-electron chi connectivity index (χ0n) is 14.6. The molecule has 0 aliphatic rings. The Labute approximate surface area is 165 Å². The zero-order valence-corrected chi connectivity index (χ0v) is 15.5. The van der Waals surface area contributed by atoms with Crippen molar-refractivity contribution in [3.8, 4) is 10.4 Å². The molecular formula is C19H12F2N4O3S. The van der Waals surface area contributed by atoms with Crippen LogP contribution >= 0.6 is 11.3 Å². The minimum atomic E-state index is -0.880. The molecule has 4 aromatic rings. The number of nitro benzene ring substituents is 1. The van der Waals surface area contributed by atoms with Crippen molar-refractivity contribution in [1.82, 2.24) is 9.55 Å². The monoisotopic (exact) mass is 414 g/mol. The molecule has 0 saturated heterocycles. The van der Waals surface area contributed by atoms with Crippen molar-refractivity contribution in [2.24, 2.45) is 0 Å². The molecule has 4 rings (SSSR count). The summed E-state index contributed by atoms with van der Waals surface area (Å²) in [4.78, 5) is 27.6. The average Bonchev–Trinajstić information content (AvgIpc) is 3.10. The largest absolute Gasteiger partial charge is 0.375 e. The summed E-state index contributed by atoms with van der Waals surface area (Å²) >= 11 is 1.08. The number of rotatable bonds is 4. The Hall–Kier alpha value is -3.66. The highest BCUT2D eigenvalue weighted by atomic mass is 32.1. The number of nitrogens with two attached hydrogens (primary N) is 1. The fraction of sp³-hybridized carbons (Fsp3) is 0.0526. The maximum absolute atomic E-state index is 14.6. The van der Waals surface area contributed by atoms with E-state index < -0.39 is 22.0 Å². The number of non-ortho nitro benzene ring substituents is 1. The van der Waals surface area contributed by atoms with E-state index in [1.807, 2.05) is 0 Å². The summed E-state index contributed by atoms with van der Waals surface area (Å²) in [5.74, 6) is -1.75. The van der Waals surface area contributed by atoms with Gasteiger partial charge in [-0.3, -0.25) is 14.9 Å². The van der Waals surface area contributed by atoms with Crippen molar-refractivity contribution in [3.05, 3.63) is 86.3 Å². The van der Waals surface area contributed by atoms with Crippen molar-refractivity contribution in [1.29, 1.82) is 0 Å². The van der Waals surface area contributed by atoms with Crippen molar-refractivity contribution in [3.63, 3.8) is 0 Å². The third-order valence-corrected chi connectivity index (χ3v) is 5.24. The van der Waals surface area contributed by atoms with Gasteiger partial charge in [0.05, 0.1) is 26.3 Å². The number of aromatic nitrogens is 2. The molecule has 2 N–H and O–H groups in total. The number of halogens is 2. The number of anilines is 1. The van der Waals surface area contributed by atoms with Crippen LogP contribution in [0.2, 0.25) is 0 Å². The number of nitro groups is 1. The van der Waals surface area contributed by atoms with Crippen molar-refractivity contribution in [2.45, 2.75) is 6.54 Å². The molecule has 2 heterocycles. The lowest BCUT2D eigenvalue weighted by molar-refractivity contribution is -0.384. The molecule has 7 nitrogen and oxygen atoms in total. The van der Waals surface area contributed by atoms with Crippen LogP contribution in [0.5, 0.6) is 0 Å². The van der Waals surface area contributed by atoms with E-state index in [1.165, 1.54) is 41.2 Å². The average molecular weight is 414 g/mol. The Kier molecular flexibility index (Phi) is 4.55. The highest BCUT2D eigenvalue weighted by molar-refractivity contribution is 7.18. The molecule has 0 fully saturated rings. The molecule has 0 radical (unpaired) electrons. The van der Waals surface area contributed by atoms with Crippen LogP contribution in [0, 0.1) is 21.7 Å². The third-order valence-electron chi connectivity index (χ3n) is 4.38. The maximum Gasteiger partial charge on any atom is 0.269 e. The fourth-order valence-corrected chi connectivity index (χ4v) is 3.78. The molecule has 2 aromatic carbocycles. The second kappa shape index (κ2) is 7.06. The molecule has 2 aromatic heterocycles. The van der Waals surface area contributed by atoms with Crippen LogP contribution in [0.15, 0.2) is 53.6 Å². The van der Waals surface area contributed by atoms with Gasteiger partial charge >= 0.3 is 0 Å². The molecule has 0 aliphatic carbocycles. The lowest BCUT2D eigenvalue weighted by atomic mass is 10.1. The second-order valence-electron chi connectivity index (χ2n) is 6.27. The third kappa shape index (κ3) is 3.45. The Morgan fingerprint density at radius 1 is 1.21 bits per heavy atom. The van der Waals surface area contributed by atoms with Crippen LogP contribution in [0.25, 0.3) is 21.3 Å². The fourth-order valence-electron chi connectivity index (χ4n) is 3.09. The molecule has 0 amide bonds. The quantitative estimate of drug-likeness (QED) is 0.402. The van der Waals surface area contributed by atoms with E-state index in [2.05, 4.69) is 4.98 Å². The minimum Gasteiger partial charge on any atom is -0.375 e. The van der Waals surface area contributed by atoms with E-state index in [1.54, 1.807) is 0 Å². The summed E-state index contributed by atoms with van der Waals surface area (Å²) in [6.07, 6.45) is 2.88. The standard InChI is InChI=1S/C19H12F2N4O3S/c20-11-5-13-17(15(21)6-11)24(8-10-1-3-12(4-2-10)25(27)28)9-14(18(13)26)16-7-23-19(22)29-16/h1-7,9H,8H2,(H2,22,23). The molecule has 0 spiro atoms. The SMILES string of the molecule is Nc1ncc(-c2cn(Cc3ccc([N+](=O)[O-])cc3)c3c(F)cc(F)cc3c2=O)s1. The first kappa shape index (κ1) is 18.7. The highest BCUT2D eigenvalue weighted by Gasteiger charge is 2.17. The van der Waals surface area contributed by atoms with Crippen LogP contribution in [0.3, 0.4) is 0 Å². The van der Waals surface area contributed by atoms with E-state index in [9.17, 15) is 23.7 Å². The molecule has 0 atom stereocenters. The molecule has 29 heavy (non-hydrogen) atoms. The normalized spacial score (nSPS) is 11.1. The van der Waals surface area contributed by atoms with Crippen LogP contribution in [-0.2, 0) is 6.54 Å². The summed E-state index contributed by atoms with van der Waals surface area (Å²) in [6.45, 7) is 0.110. The van der Waals surface area contributed by atoms with Gasteiger partial charge in [0, 0.05) is 37.1 Å². The number of nitrogens with zero attached hydrogens (tertiary/aromatic N) is 3. The summed E-state index contributed by atoms with van der Waals surface area (Å²) in [5.41, 5.74) is 5.82. The lowest BCUT2D eigenvalue weighted by Crippen LogP contribution is -2.14. The van der Waals surface area contributed by atoms with Crippen LogP contribution in [-0.4, -0.2) is 14.5 Å². The van der Waals surface area contributed by atoms with Gasteiger partial charge in [-0.25, -0.2) is 13.8 Å². The van der Waals surface area contributed by atoms with Crippen molar-refractivity contribution < 1.29 is 13.7 Å². The molecule has 0 aliphatic heterocycles. The van der Waals surface area contributed by atoms with Gasteiger partial charge in [-0.2, -0.15) is 0 Å². The minimum absolute atomic E-state index is 0.0593. The predicted molar refractivity (Wildman–Crippen MR) is 106 cm³/mol. The van der Waals surface area contributed by atoms with Gasteiger partial charge in [-0.15, -0.1) is 0 Å². The molecule has 10 heteroatoms. The van der Waals surface area contributed by atoms with Crippen molar-refractivity contribution >= 4 is 33.1 Å². The number of benzene rings is 2. The predicted octanol–water partition coefficient (Wildman–Crippen LogP) is 3.94. The van der Waals surface area contributed by atoms with Crippen molar-refractivity contribution in [2.75, 3.05) is 5.73 Å². The number of hydrogen-bond acceptors (Lipinski definition) is 6. The van der Waals surface area contributed by atoms with Crippen LogP contribution in [0.1, 0.15) is 5.56 Å². The summed E-state index contributed by atoms with van der Waals surface area (Å²) in [5, 5.41) is 11.0. The van der Waals surface area contributed by atoms with E-state index in [4.69, 9.17) is 5.73 Å². The number of thiazole rings is 1. The highest BCUT2D eigenvalue weighted by Crippen LogP contribution is 2.28. The van der Waals surface area contributed by atoms with Gasteiger partial charge < -0.3 is 10.3 Å². The van der Waals surface area contributed by atoms with Crippen LogP contribution < -0.4 is 11.2 Å². The zero-order chi connectivity index (χ0) is 20.7. The lowest BCUT2D eigenvalue weighted by Gasteiger charge is -2.14. The number of pyridine rings is 1. The first-order valence-electron chi connectivity index (χ1n) is 8.30. The molecule has 0 saturated carbocycles. The Balaban J connectivity index is 1.93. The molecule has 0 bridgehead atoms. The number of fused-ring (bicyclic) bond motifs is 1. The van der Waals surface area contributed by atoms with Gasteiger partial charge in [-0.05, 0) is 11.6 Å². The first-order chi connectivity index (χ1) is 13.8. The van der Waals surface area contributed by atoms with Gasteiger partial charge in [0.2, 0.25) is 0 Å². The molecule has 0 unspecified atom stereocenters. The molecular weight excluding hydrogens is 402 g/mol. The van der Waals surface area contributed by atoms with Gasteiger partial charge in [0.15, 0.2) is 16.4 Å². The van der Waals surface area contributed by atoms with Crippen LogP contribution in [0.4, 0.5) is 19.6 Å².